The molecule has 0 aliphatic rings. The van der Waals surface area contributed by atoms with E-state index in [1.54, 1.807) is 18.3 Å². The maximum Gasteiger partial charge on any atom is 0.267 e. The quantitative estimate of drug-likeness (QED) is 0.524. The van der Waals surface area contributed by atoms with Crippen LogP contribution in [-0.2, 0) is 4.79 Å². The summed E-state index contributed by atoms with van der Waals surface area (Å²) in [6.45, 7) is 6.38. The molecule has 2 heterocycles. The Labute approximate surface area is 162 Å². The van der Waals surface area contributed by atoms with Crippen molar-refractivity contribution in [2.45, 2.75) is 37.6 Å². The maximum atomic E-state index is 13.2. The first kappa shape index (κ1) is 19.1. The van der Waals surface area contributed by atoms with Crippen LogP contribution in [0, 0.1) is 6.92 Å². The molecule has 1 atom stereocenters. The van der Waals surface area contributed by atoms with E-state index in [1.807, 2.05) is 45.0 Å². The molecule has 0 saturated carbocycles. The van der Waals surface area contributed by atoms with Crippen LogP contribution < -0.4 is 10.9 Å². The van der Waals surface area contributed by atoms with E-state index in [1.165, 1.54) is 16.3 Å². The van der Waals surface area contributed by atoms with Crippen molar-refractivity contribution in [1.82, 2.24) is 19.9 Å². The largest absolute Gasteiger partial charge is 0.355 e. The number of nitrogens with zero attached hydrogens (tertiary/aromatic N) is 3. The van der Waals surface area contributed by atoms with Crippen molar-refractivity contribution in [3.05, 3.63) is 58.5 Å². The van der Waals surface area contributed by atoms with Gasteiger partial charge in [-0.25, -0.2) is 14.5 Å². The molecule has 3 rings (SSSR count). The number of nitrogens with one attached hydrogen (secondary N) is 1. The highest BCUT2D eigenvalue weighted by Gasteiger charge is 2.20. The highest BCUT2D eigenvalue weighted by atomic mass is 32.2. The van der Waals surface area contributed by atoms with E-state index in [9.17, 15) is 9.59 Å². The standard InChI is InChI=1S/C20H22N4O2S/c1-4-10-22-18(25)14(3)27-20-23-16-8-6-5-7-15(16)19(26)24(20)17-12-13(2)9-11-21-17/h5-9,11-12,14H,4,10H2,1-3H3,(H,22,25). The van der Waals surface area contributed by atoms with Crippen molar-refractivity contribution >= 4 is 28.6 Å². The molecule has 140 valence electrons. The minimum atomic E-state index is -0.388. The summed E-state index contributed by atoms with van der Waals surface area (Å²) in [7, 11) is 0. The van der Waals surface area contributed by atoms with Gasteiger partial charge in [-0.1, -0.05) is 30.8 Å². The molecule has 1 amide bonds. The number of para-hydroxylation sites is 1. The zero-order valence-corrected chi connectivity index (χ0v) is 16.4. The van der Waals surface area contributed by atoms with Crippen molar-refractivity contribution in [3.8, 4) is 5.82 Å². The summed E-state index contributed by atoms with van der Waals surface area (Å²) in [6, 6.07) is 10.9. The van der Waals surface area contributed by atoms with Gasteiger partial charge in [0.05, 0.1) is 16.2 Å². The summed E-state index contributed by atoms with van der Waals surface area (Å²) in [5.74, 6) is 0.426. The van der Waals surface area contributed by atoms with Gasteiger partial charge in [-0.15, -0.1) is 0 Å². The molecule has 7 heteroatoms. The highest BCUT2D eigenvalue weighted by Crippen LogP contribution is 2.24. The third-order valence-electron chi connectivity index (χ3n) is 4.08. The molecule has 0 aliphatic heterocycles. The summed E-state index contributed by atoms with van der Waals surface area (Å²) in [5.41, 5.74) is 1.40. The molecular weight excluding hydrogens is 360 g/mol. The average molecular weight is 382 g/mol. The van der Waals surface area contributed by atoms with E-state index in [2.05, 4.69) is 15.3 Å². The molecule has 0 fully saturated rings. The lowest BCUT2D eigenvalue weighted by molar-refractivity contribution is -0.120. The van der Waals surface area contributed by atoms with Gasteiger partial charge >= 0.3 is 0 Å². The summed E-state index contributed by atoms with van der Waals surface area (Å²) in [5, 5.41) is 3.47. The molecule has 0 bridgehead atoms. The average Bonchev–Trinajstić information content (AvgIpc) is 2.66. The Balaban J connectivity index is 2.11. The van der Waals surface area contributed by atoms with Crippen molar-refractivity contribution < 1.29 is 4.79 Å². The fraction of sp³-hybridized carbons (Fsp3) is 0.300. The smallest absolute Gasteiger partial charge is 0.267 e. The molecule has 1 N–H and O–H groups in total. The second kappa shape index (κ2) is 8.35. The maximum absolute atomic E-state index is 13.2. The number of hydrogen-bond donors (Lipinski definition) is 1. The van der Waals surface area contributed by atoms with Crippen molar-refractivity contribution in [2.24, 2.45) is 0 Å². The van der Waals surface area contributed by atoms with Crippen LogP contribution in [-0.4, -0.2) is 32.2 Å². The first-order valence-electron chi connectivity index (χ1n) is 8.90. The molecule has 2 aromatic heterocycles. The first-order chi connectivity index (χ1) is 13.0. The Morgan fingerprint density at radius 3 is 2.81 bits per heavy atom. The van der Waals surface area contributed by atoms with Gasteiger partial charge in [-0.2, -0.15) is 0 Å². The highest BCUT2D eigenvalue weighted by molar-refractivity contribution is 8.00. The molecule has 3 aromatic rings. The minimum Gasteiger partial charge on any atom is -0.355 e. The third-order valence-corrected chi connectivity index (χ3v) is 5.13. The van der Waals surface area contributed by atoms with E-state index in [-0.39, 0.29) is 16.7 Å². The summed E-state index contributed by atoms with van der Waals surface area (Å²) in [6.07, 6.45) is 2.54. The zero-order valence-electron chi connectivity index (χ0n) is 15.6. The van der Waals surface area contributed by atoms with Crippen LogP contribution in [0.2, 0.25) is 0 Å². The predicted molar refractivity (Wildman–Crippen MR) is 108 cm³/mol. The number of rotatable bonds is 6. The number of aromatic nitrogens is 3. The van der Waals surface area contributed by atoms with Gasteiger partial charge < -0.3 is 5.32 Å². The summed E-state index contributed by atoms with van der Waals surface area (Å²) >= 11 is 1.26. The third kappa shape index (κ3) is 4.19. The lowest BCUT2D eigenvalue weighted by atomic mass is 10.2. The second-order valence-electron chi connectivity index (χ2n) is 6.29. The van der Waals surface area contributed by atoms with Gasteiger partial charge in [-0.05, 0) is 50.1 Å². The van der Waals surface area contributed by atoms with Gasteiger partial charge in [0.25, 0.3) is 5.56 Å². The van der Waals surface area contributed by atoms with Crippen molar-refractivity contribution in [3.63, 3.8) is 0 Å². The molecule has 0 spiro atoms. The number of carbonyl (C=O) groups excluding carboxylic acids is 1. The fourth-order valence-electron chi connectivity index (χ4n) is 2.64. The van der Waals surface area contributed by atoms with Gasteiger partial charge in [-0.3, -0.25) is 9.59 Å². The van der Waals surface area contributed by atoms with Crippen LogP contribution in [0.5, 0.6) is 0 Å². The number of benzene rings is 1. The number of fused-ring (bicyclic) bond motifs is 1. The fourth-order valence-corrected chi connectivity index (χ4v) is 3.58. The van der Waals surface area contributed by atoms with Crippen LogP contribution in [0.3, 0.4) is 0 Å². The Hall–Kier alpha value is -2.67. The van der Waals surface area contributed by atoms with E-state index < -0.39 is 0 Å². The first-order valence-corrected chi connectivity index (χ1v) is 9.78. The number of aryl methyl sites for hydroxylation is 1. The van der Waals surface area contributed by atoms with Crippen LogP contribution in [0.15, 0.2) is 52.5 Å². The van der Waals surface area contributed by atoms with Gasteiger partial charge in [0.15, 0.2) is 5.16 Å². The Morgan fingerprint density at radius 1 is 1.30 bits per heavy atom. The van der Waals surface area contributed by atoms with Crippen molar-refractivity contribution in [2.75, 3.05) is 6.54 Å². The van der Waals surface area contributed by atoms with E-state index in [0.717, 1.165) is 12.0 Å². The lowest BCUT2D eigenvalue weighted by Gasteiger charge is -2.16. The van der Waals surface area contributed by atoms with Crippen LogP contribution in [0.25, 0.3) is 16.7 Å². The minimum absolute atomic E-state index is 0.0759. The zero-order chi connectivity index (χ0) is 19.4. The Morgan fingerprint density at radius 2 is 2.07 bits per heavy atom. The molecule has 6 nitrogen and oxygen atoms in total. The van der Waals surface area contributed by atoms with Gasteiger partial charge in [0.1, 0.15) is 5.82 Å². The van der Waals surface area contributed by atoms with Gasteiger partial charge in [0, 0.05) is 12.7 Å². The SMILES string of the molecule is CCCNC(=O)C(C)Sc1nc2ccccc2c(=O)n1-c1cc(C)ccn1. The number of carbonyl (C=O) groups is 1. The molecule has 1 aromatic carbocycles. The summed E-state index contributed by atoms with van der Waals surface area (Å²) in [4.78, 5) is 34.4. The van der Waals surface area contributed by atoms with Crippen LogP contribution in [0.1, 0.15) is 25.8 Å². The van der Waals surface area contributed by atoms with Gasteiger partial charge in [0.2, 0.25) is 5.91 Å². The monoisotopic (exact) mass is 382 g/mol. The molecule has 27 heavy (non-hydrogen) atoms. The van der Waals surface area contributed by atoms with Crippen molar-refractivity contribution in [1.29, 1.82) is 0 Å². The lowest BCUT2D eigenvalue weighted by Crippen LogP contribution is -2.32. The molecule has 1 unspecified atom stereocenters. The Bertz CT molecular complexity index is 1030. The molecular formula is C20H22N4O2S. The Kier molecular flexibility index (Phi) is 5.91. The van der Waals surface area contributed by atoms with Crippen LogP contribution in [0.4, 0.5) is 0 Å². The van der Waals surface area contributed by atoms with E-state index in [0.29, 0.717) is 28.4 Å². The normalized spacial score (nSPS) is 12.1. The predicted octanol–water partition coefficient (Wildman–Crippen LogP) is 3.10. The van der Waals surface area contributed by atoms with E-state index in [4.69, 9.17) is 0 Å². The molecule has 0 radical (unpaired) electrons. The number of amides is 1. The molecule has 0 saturated heterocycles. The van der Waals surface area contributed by atoms with E-state index >= 15 is 0 Å². The number of thioether (sulfide) groups is 1. The topological polar surface area (TPSA) is 76.9 Å². The number of pyridine rings is 1. The summed E-state index contributed by atoms with van der Waals surface area (Å²) < 4.78 is 1.49. The van der Waals surface area contributed by atoms with Crippen LogP contribution >= 0.6 is 11.8 Å². The number of hydrogen-bond acceptors (Lipinski definition) is 5. The molecule has 0 aliphatic carbocycles. The second-order valence-corrected chi connectivity index (χ2v) is 7.60.